The number of para-hydroxylation sites is 1. The Kier molecular flexibility index (Phi) is 4.61. The molecule has 4 heteroatoms. The van der Waals surface area contributed by atoms with Gasteiger partial charge in [-0.05, 0) is 11.6 Å². The van der Waals surface area contributed by atoms with Crippen molar-refractivity contribution in [1.82, 2.24) is 20.6 Å². The summed E-state index contributed by atoms with van der Waals surface area (Å²) in [6, 6.07) is 6.65. The first-order valence-corrected chi connectivity index (χ1v) is 6.40. The van der Waals surface area contributed by atoms with E-state index in [1.807, 2.05) is 12.1 Å². The molecule has 1 aromatic heterocycles. The molecule has 0 amide bonds. The van der Waals surface area contributed by atoms with Crippen molar-refractivity contribution >= 4 is 11.0 Å². The third-order valence-corrected chi connectivity index (χ3v) is 2.75. The number of fused-ring (bicyclic) bond motifs is 1. The van der Waals surface area contributed by atoms with Crippen LogP contribution in [-0.4, -0.2) is 29.1 Å². The molecule has 0 spiro atoms. The van der Waals surface area contributed by atoms with Gasteiger partial charge in [0.2, 0.25) is 0 Å². The number of nitrogens with zero attached hydrogens (tertiary/aromatic N) is 2. The summed E-state index contributed by atoms with van der Waals surface area (Å²) in [5.74, 6) is 0. The standard InChI is InChI=1S/C14H20N4/c1-11(2)16-7-6-15-10-12-4-3-5-13-14(12)18-9-8-17-13/h3-5,8-9,11,15-16H,6-7,10H2,1-2H3. The Morgan fingerprint density at radius 1 is 1.11 bits per heavy atom. The highest BCUT2D eigenvalue weighted by Gasteiger charge is 2.01. The lowest BCUT2D eigenvalue weighted by atomic mass is 10.1. The summed E-state index contributed by atoms with van der Waals surface area (Å²) in [7, 11) is 0. The zero-order valence-electron chi connectivity index (χ0n) is 11.0. The average Bonchev–Trinajstić information content (AvgIpc) is 2.38. The molecule has 0 saturated carbocycles. The van der Waals surface area contributed by atoms with E-state index in [2.05, 4.69) is 40.5 Å². The zero-order valence-corrected chi connectivity index (χ0v) is 11.0. The molecule has 1 heterocycles. The Bertz CT molecular complexity index is 491. The van der Waals surface area contributed by atoms with Gasteiger partial charge in [0, 0.05) is 38.1 Å². The van der Waals surface area contributed by atoms with Gasteiger partial charge < -0.3 is 10.6 Å². The Hall–Kier alpha value is -1.52. The lowest BCUT2D eigenvalue weighted by Crippen LogP contribution is -2.31. The van der Waals surface area contributed by atoms with Crippen molar-refractivity contribution in [3.8, 4) is 0 Å². The van der Waals surface area contributed by atoms with Crippen LogP contribution in [0.1, 0.15) is 19.4 Å². The van der Waals surface area contributed by atoms with Crippen molar-refractivity contribution in [3.63, 3.8) is 0 Å². The maximum Gasteiger partial charge on any atom is 0.0931 e. The summed E-state index contributed by atoms with van der Waals surface area (Å²) >= 11 is 0. The fourth-order valence-corrected chi connectivity index (χ4v) is 1.87. The molecule has 2 rings (SSSR count). The molecule has 18 heavy (non-hydrogen) atoms. The molecular formula is C14H20N4. The second-order valence-electron chi connectivity index (χ2n) is 4.63. The normalized spacial score (nSPS) is 11.3. The molecule has 0 aliphatic heterocycles. The quantitative estimate of drug-likeness (QED) is 0.760. The van der Waals surface area contributed by atoms with Crippen LogP contribution in [0.4, 0.5) is 0 Å². The highest BCUT2D eigenvalue weighted by molar-refractivity contribution is 5.77. The average molecular weight is 244 g/mol. The number of rotatable bonds is 6. The molecule has 0 saturated heterocycles. The van der Waals surface area contributed by atoms with Crippen molar-refractivity contribution in [2.24, 2.45) is 0 Å². The molecular weight excluding hydrogens is 224 g/mol. The number of aromatic nitrogens is 2. The van der Waals surface area contributed by atoms with Crippen LogP contribution in [0.15, 0.2) is 30.6 Å². The van der Waals surface area contributed by atoms with E-state index in [0.29, 0.717) is 6.04 Å². The summed E-state index contributed by atoms with van der Waals surface area (Å²) in [6.07, 6.45) is 3.47. The zero-order chi connectivity index (χ0) is 12.8. The van der Waals surface area contributed by atoms with Crippen LogP contribution in [0.3, 0.4) is 0 Å². The van der Waals surface area contributed by atoms with E-state index in [1.54, 1.807) is 12.4 Å². The topological polar surface area (TPSA) is 49.8 Å². The number of hydrogen-bond acceptors (Lipinski definition) is 4. The van der Waals surface area contributed by atoms with Crippen molar-refractivity contribution in [2.75, 3.05) is 13.1 Å². The summed E-state index contributed by atoms with van der Waals surface area (Å²) in [5.41, 5.74) is 3.14. The molecule has 0 aliphatic carbocycles. The Labute approximate surface area is 108 Å². The van der Waals surface area contributed by atoms with Gasteiger partial charge in [-0.1, -0.05) is 26.0 Å². The van der Waals surface area contributed by atoms with Crippen LogP contribution in [-0.2, 0) is 6.54 Å². The number of hydrogen-bond donors (Lipinski definition) is 2. The SMILES string of the molecule is CC(C)NCCNCc1cccc2nccnc12. The van der Waals surface area contributed by atoms with Gasteiger partial charge in [-0.25, -0.2) is 0 Å². The van der Waals surface area contributed by atoms with E-state index in [9.17, 15) is 0 Å². The van der Waals surface area contributed by atoms with Gasteiger partial charge in [-0.15, -0.1) is 0 Å². The Morgan fingerprint density at radius 2 is 1.94 bits per heavy atom. The van der Waals surface area contributed by atoms with E-state index in [1.165, 1.54) is 5.56 Å². The van der Waals surface area contributed by atoms with Gasteiger partial charge in [0.25, 0.3) is 0 Å². The van der Waals surface area contributed by atoms with Crippen molar-refractivity contribution in [1.29, 1.82) is 0 Å². The van der Waals surface area contributed by atoms with Crippen molar-refractivity contribution in [2.45, 2.75) is 26.4 Å². The lowest BCUT2D eigenvalue weighted by molar-refractivity contribution is 0.556. The van der Waals surface area contributed by atoms with E-state index < -0.39 is 0 Å². The highest BCUT2D eigenvalue weighted by atomic mass is 15.0. The summed E-state index contributed by atoms with van der Waals surface area (Å²) < 4.78 is 0. The van der Waals surface area contributed by atoms with Gasteiger partial charge in [-0.3, -0.25) is 9.97 Å². The van der Waals surface area contributed by atoms with Gasteiger partial charge in [0.05, 0.1) is 11.0 Å². The van der Waals surface area contributed by atoms with E-state index in [-0.39, 0.29) is 0 Å². The maximum atomic E-state index is 4.39. The fourth-order valence-electron chi connectivity index (χ4n) is 1.87. The molecule has 0 unspecified atom stereocenters. The van der Waals surface area contributed by atoms with Gasteiger partial charge in [0.1, 0.15) is 0 Å². The highest BCUT2D eigenvalue weighted by Crippen LogP contribution is 2.13. The second kappa shape index (κ2) is 6.42. The molecule has 0 radical (unpaired) electrons. The molecule has 2 N–H and O–H groups in total. The van der Waals surface area contributed by atoms with Gasteiger partial charge in [-0.2, -0.15) is 0 Å². The molecule has 0 fully saturated rings. The van der Waals surface area contributed by atoms with E-state index in [0.717, 1.165) is 30.7 Å². The molecule has 0 aliphatic rings. The van der Waals surface area contributed by atoms with Crippen LogP contribution < -0.4 is 10.6 Å². The second-order valence-corrected chi connectivity index (χ2v) is 4.63. The fraction of sp³-hybridized carbons (Fsp3) is 0.429. The summed E-state index contributed by atoms with van der Waals surface area (Å²) in [4.78, 5) is 8.70. The van der Waals surface area contributed by atoms with Gasteiger partial charge in [0.15, 0.2) is 0 Å². The minimum Gasteiger partial charge on any atom is -0.313 e. The first kappa shape index (κ1) is 12.9. The largest absolute Gasteiger partial charge is 0.313 e. The summed E-state index contributed by atoms with van der Waals surface area (Å²) in [5, 5.41) is 6.80. The molecule has 0 atom stereocenters. The molecule has 1 aromatic carbocycles. The Morgan fingerprint density at radius 3 is 2.78 bits per heavy atom. The number of nitrogens with one attached hydrogen (secondary N) is 2. The first-order chi connectivity index (χ1) is 8.77. The predicted octanol–water partition coefficient (Wildman–Crippen LogP) is 1.72. The predicted molar refractivity (Wildman–Crippen MR) is 74.4 cm³/mol. The monoisotopic (exact) mass is 244 g/mol. The Balaban J connectivity index is 1.91. The van der Waals surface area contributed by atoms with Crippen LogP contribution in [0.25, 0.3) is 11.0 Å². The molecule has 96 valence electrons. The molecule has 4 nitrogen and oxygen atoms in total. The van der Waals surface area contributed by atoms with Crippen LogP contribution >= 0.6 is 0 Å². The van der Waals surface area contributed by atoms with Crippen LogP contribution in [0.5, 0.6) is 0 Å². The van der Waals surface area contributed by atoms with E-state index >= 15 is 0 Å². The van der Waals surface area contributed by atoms with Gasteiger partial charge >= 0.3 is 0 Å². The number of benzene rings is 1. The lowest BCUT2D eigenvalue weighted by Gasteiger charge is -2.09. The molecule has 0 bridgehead atoms. The van der Waals surface area contributed by atoms with E-state index in [4.69, 9.17) is 0 Å². The van der Waals surface area contributed by atoms with Crippen LogP contribution in [0.2, 0.25) is 0 Å². The summed E-state index contributed by atoms with van der Waals surface area (Å²) in [6.45, 7) is 7.07. The minimum absolute atomic E-state index is 0.537. The first-order valence-electron chi connectivity index (χ1n) is 6.40. The third kappa shape index (κ3) is 3.48. The van der Waals surface area contributed by atoms with Crippen molar-refractivity contribution in [3.05, 3.63) is 36.2 Å². The van der Waals surface area contributed by atoms with Crippen LogP contribution in [0, 0.1) is 0 Å². The third-order valence-electron chi connectivity index (χ3n) is 2.75. The smallest absolute Gasteiger partial charge is 0.0931 e. The van der Waals surface area contributed by atoms with Crippen molar-refractivity contribution < 1.29 is 0 Å². The maximum absolute atomic E-state index is 4.39. The minimum atomic E-state index is 0.537. The molecule has 2 aromatic rings.